The van der Waals surface area contributed by atoms with E-state index in [0.29, 0.717) is 0 Å². The summed E-state index contributed by atoms with van der Waals surface area (Å²) in [6.45, 7) is 0.140. The second-order valence-electron chi connectivity index (χ2n) is 2.80. The van der Waals surface area contributed by atoms with Gasteiger partial charge in [0, 0.05) is 0 Å². The molecule has 0 aliphatic carbocycles. The lowest BCUT2D eigenvalue weighted by atomic mass is 10.2. The molecule has 2 rings (SSSR count). The van der Waals surface area contributed by atoms with Crippen LogP contribution in [0.15, 0.2) is 66.7 Å². The lowest BCUT2D eigenvalue weighted by Crippen LogP contribution is -1.77. The quantitative estimate of drug-likeness (QED) is 0.726. The van der Waals surface area contributed by atoms with Gasteiger partial charge in [-0.1, -0.05) is 66.7 Å². The van der Waals surface area contributed by atoms with Gasteiger partial charge >= 0.3 is 0 Å². The van der Waals surface area contributed by atoms with E-state index in [0.717, 1.165) is 5.56 Å². The van der Waals surface area contributed by atoms with E-state index in [2.05, 4.69) is 0 Å². The zero-order valence-electron chi connectivity index (χ0n) is 8.01. The van der Waals surface area contributed by atoms with Crippen LogP contribution in [0.2, 0.25) is 0 Å². The van der Waals surface area contributed by atoms with E-state index in [1.807, 2.05) is 66.7 Å². The molecule has 0 aliphatic rings. The first-order valence-electron chi connectivity index (χ1n) is 4.58. The largest absolute Gasteiger partial charge is 0.392 e. The number of rotatable bonds is 1. The summed E-state index contributed by atoms with van der Waals surface area (Å²) in [4.78, 5) is 0. The molecule has 0 fully saturated rings. The lowest BCUT2D eigenvalue weighted by Gasteiger charge is -1.89. The molecule has 0 unspecified atom stereocenters. The molecule has 0 saturated carbocycles. The standard InChI is InChI=1S/C7H8O.C6H6/c8-6-7-4-2-1-3-5-7;1-2-4-6-5-3-1/h1-5,8H,6H2;1-6H. The van der Waals surface area contributed by atoms with Gasteiger partial charge in [-0.05, 0) is 5.56 Å². The molecule has 1 N–H and O–H groups in total. The van der Waals surface area contributed by atoms with Crippen molar-refractivity contribution in [2.45, 2.75) is 6.61 Å². The number of aliphatic hydroxyl groups excluding tert-OH is 1. The van der Waals surface area contributed by atoms with Crippen molar-refractivity contribution in [2.75, 3.05) is 0 Å². The van der Waals surface area contributed by atoms with E-state index >= 15 is 0 Å². The van der Waals surface area contributed by atoms with Crippen molar-refractivity contribution < 1.29 is 5.11 Å². The predicted molar refractivity (Wildman–Crippen MR) is 58.8 cm³/mol. The molecule has 72 valence electrons. The van der Waals surface area contributed by atoms with E-state index in [1.165, 1.54) is 0 Å². The summed E-state index contributed by atoms with van der Waals surface area (Å²) in [5.74, 6) is 0. The lowest BCUT2D eigenvalue weighted by molar-refractivity contribution is 0.282. The zero-order valence-corrected chi connectivity index (χ0v) is 8.01. The highest BCUT2D eigenvalue weighted by atomic mass is 16.3. The first-order chi connectivity index (χ1) is 6.93. The smallest absolute Gasteiger partial charge is 0.0681 e. The molecule has 2 aromatic carbocycles. The summed E-state index contributed by atoms with van der Waals surface area (Å²) in [6, 6.07) is 21.5. The molecule has 0 radical (unpaired) electrons. The van der Waals surface area contributed by atoms with Crippen LogP contribution in [0.4, 0.5) is 0 Å². The molecule has 1 nitrogen and oxygen atoms in total. The molecule has 1 heteroatoms. The molecule has 0 bridgehead atoms. The van der Waals surface area contributed by atoms with Crippen molar-refractivity contribution in [1.29, 1.82) is 0 Å². The van der Waals surface area contributed by atoms with Crippen molar-refractivity contribution in [3.8, 4) is 0 Å². The monoisotopic (exact) mass is 186 g/mol. The minimum atomic E-state index is 0.140. The summed E-state index contributed by atoms with van der Waals surface area (Å²) in [5, 5.41) is 8.54. The van der Waals surface area contributed by atoms with Crippen LogP contribution < -0.4 is 0 Å². The molecular weight excluding hydrogens is 172 g/mol. The highest BCUT2D eigenvalue weighted by Gasteiger charge is 1.81. The molecule has 14 heavy (non-hydrogen) atoms. The first-order valence-corrected chi connectivity index (χ1v) is 4.58. The molecule has 0 amide bonds. The Bertz CT molecular complexity index is 289. The van der Waals surface area contributed by atoms with Gasteiger partial charge in [0.25, 0.3) is 0 Å². The van der Waals surface area contributed by atoms with E-state index in [4.69, 9.17) is 5.11 Å². The fraction of sp³-hybridized carbons (Fsp3) is 0.0769. The van der Waals surface area contributed by atoms with Crippen molar-refractivity contribution in [1.82, 2.24) is 0 Å². The predicted octanol–water partition coefficient (Wildman–Crippen LogP) is 2.87. The van der Waals surface area contributed by atoms with Crippen LogP contribution in [-0.2, 0) is 6.61 Å². The highest BCUT2D eigenvalue weighted by Crippen LogP contribution is 1.95. The minimum absolute atomic E-state index is 0.140. The average Bonchev–Trinajstić information content (AvgIpc) is 2.33. The van der Waals surface area contributed by atoms with Crippen LogP contribution in [0.25, 0.3) is 0 Å². The molecule has 0 aromatic heterocycles. The fourth-order valence-electron chi connectivity index (χ4n) is 0.968. The van der Waals surface area contributed by atoms with Gasteiger partial charge in [0.15, 0.2) is 0 Å². The van der Waals surface area contributed by atoms with Gasteiger partial charge < -0.3 is 5.11 Å². The molecular formula is C13H14O. The number of benzene rings is 2. The normalized spacial score (nSPS) is 8.64. The molecule has 0 atom stereocenters. The fourth-order valence-corrected chi connectivity index (χ4v) is 0.968. The summed E-state index contributed by atoms with van der Waals surface area (Å²) < 4.78 is 0. The zero-order chi connectivity index (χ0) is 10.1. The van der Waals surface area contributed by atoms with Gasteiger partial charge in [-0.3, -0.25) is 0 Å². The van der Waals surface area contributed by atoms with Crippen LogP contribution in [-0.4, -0.2) is 5.11 Å². The van der Waals surface area contributed by atoms with Crippen molar-refractivity contribution >= 4 is 0 Å². The summed E-state index contributed by atoms with van der Waals surface area (Å²) in [6.07, 6.45) is 0. The van der Waals surface area contributed by atoms with Gasteiger partial charge in [0.05, 0.1) is 6.61 Å². The van der Waals surface area contributed by atoms with Crippen LogP contribution in [0, 0.1) is 0 Å². The van der Waals surface area contributed by atoms with Gasteiger partial charge in [-0.15, -0.1) is 0 Å². The highest BCUT2D eigenvalue weighted by molar-refractivity contribution is 5.12. The summed E-state index contributed by atoms with van der Waals surface area (Å²) >= 11 is 0. The maximum atomic E-state index is 8.54. The second kappa shape index (κ2) is 6.87. The molecule has 0 saturated heterocycles. The maximum Gasteiger partial charge on any atom is 0.0681 e. The SMILES string of the molecule is OCc1ccccc1.c1ccccc1. The molecule has 0 aliphatic heterocycles. The van der Waals surface area contributed by atoms with Gasteiger partial charge in [0.1, 0.15) is 0 Å². The van der Waals surface area contributed by atoms with E-state index < -0.39 is 0 Å². The third-order valence-electron chi connectivity index (χ3n) is 1.69. The third-order valence-corrected chi connectivity index (χ3v) is 1.69. The average molecular weight is 186 g/mol. The Morgan fingerprint density at radius 1 is 0.643 bits per heavy atom. The number of hydrogen-bond acceptors (Lipinski definition) is 1. The summed E-state index contributed by atoms with van der Waals surface area (Å²) in [5.41, 5.74) is 0.965. The van der Waals surface area contributed by atoms with Crippen LogP contribution in [0.1, 0.15) is 5.56 Å². The third kappa shape index (κ3) is 4.43. The number of aliphatic hydroxyl groups is 1. The summed E-state index contributed by atoms with van der Waals surface area (Å²) in [7, 11) is 0. The van der Waals surface area contributed by atoms with Crippen molar-refractivity contribution in [2.24, 2.45) is 0 Å². The maximum absolute atomic E-state index is 8.54. The van der Waals surface area contributed by atoms with Crippen LogP contribution in [0.5, 0.6) is 0 Å². The minimum Gasteiger partial charge on any atom is -0.392 e. The molecule has 2 aromatic rings. The van der Waals surface area contributed by atoms with E-state index in [-0.39, 0.29) is 6.61 Å². The Kier molecular flexibility index (Phi) is 5.14. The second-order valence-corrected chi connectivity index (χ2v) is 2.80. The molecule has 0 spiro atoms. The Labute approximate surface area is 84.7 Å². The number of hydrogen-bond donors (Lipinski definition) is 1. The van der Waals surface area contributed by atoms with E-state index in [9.17, 15) is 0 Å². The van der Waals surface area contributed by atoms with Gasteiger partial charge in [-0.2, -0.15) is 0 Å². The molecule has 0 heterocycles. The Morgan fingerprint density at radius 2 is 1.00 bits per heavy atom. The van der Waals surface area contributed by atoms with Crippen molar-refractivity contribution in [3.05, 3.63) is 72.3 Å². The first kappa shape index (κ1) is 10.5. The Balaban J connectivity index is 0.000000146. The van der Waals surface area contributed by atoms with Gasteiger partial charge in [-0.25, -0.2) is 0 Å². The van der Waals surface area contributed by atoms with Crippen LogP contribution in [0.3, 0.4) is 0 Å². The topological polar surface area (TPSA) is 20.2 Å². The Hall–Kier alpha value is -1.60. The van der Waals surface area contributed by atoms with E-state index in [1.54, 1.807) is 0 Å². The van der Waals surface area contributed by atoms with Gasteiger partial charge in [0.2, 0.25) is 0 Å². The van der Waals surface area contributed by atoms with Crippen molar-refractivity contribution in [3.63, 3.8) is 0 Å². The Morgan fingerprint density at radius 3 is 1.29 bits per heavy atom. The van der Waals surface area contributed by atoms with Crippen LogP contribution >= 0.6 is 0 Å².